The molecule has 0 radical (unpaired) electrons. The van der Waals surface area contributed by atoms with Gasteiger partial charge in [-0.25, -0.2) is 0 Å². The first-order chi connectivity index (χ1) is 28.5. The summed E-state index contributed by atoms with van der Waals surface area (Å²) in [6.45, 7) is 4.63. The van der Waals surface area contributed by atoms with E-state index in [1.54, 1.807) is 6.08 Å². The van der Waals surface area contributed by atoms with Crippen LogP contribution in [0.25, 0.3) is 0 Å². The van der Waals surface area contributed by atoms with Crippen molar-refractivity contribution in [1.29, 1.82) is 0 Å². The van der Waals surface area contributed by atoms with E-state index in [4.69, 9.17) is 9.05 Å². The van der Waals surface area contributed by atoms with E-state index in [1.165, 1.54) is 141 Å². The number of unbranched alkanes of at least 4 members (excludes halogenated alkanes) is 28. The van der Waals surface area contributed by atoms with Gasteiger partial charge in [0.05, 0.1) is 39.9 Å². The molecule has 0 fully saturated rings. The minimum atomic E-state index is -4.59. The molecular formula is C50H97N2O6P. The fourth-order valence-corrected chi connectivity index (χ4v) is 7.85. The Balaban J connectivity index is 4.35. The van der Waals surface area contributed by atoms with Crippen molar-refractivity contribution in [3.63, 3.8) is 0 Å². The van der Waals surface area contributed by atoms with Gasteiger partial charge in [0.15, 0.2) is 0 Å². The van der Waals surface area contributed by atoms with Crippen LogP contribution in [0.15, 0.2) is 36.5 Å². The van der Waals surface area contributed by atoms with Crippen molar-refractivity contribution in [3.05, 3.63) is 36.5 Å². The molecule has 0 aromatic rings. The number of nitrogens with one attached hydrogen (secondary N) is 1. The highest BCUT2D eigenvalue weighted by atomic mass is 31.2. The minimum Gasteiger partial charge on any atom is -0.756 e. The number of hydrogen-bond donors (Lipinski definition) is 2. The third-order valence-corrected chi connectivity index (χ3v) is 12.1. The summed E-state index contributed by atoms with van der Waals surface area (Å²) in [5.41, 5.74) is 0. The van der Waals surface area contributed by atoms with Crippen LogP contribution in [0.2, 0.25) is 0 Å². The van der Waals surface area contributed by atoms with E-state index in [2.05, 4.69) is 43.5 Å². The number of quaternary nitrogens is 1. The van der Waals surface area contributed by atoms with E-state index < -0.39 is 20.0 Å². The molecule has 1 amide bonds. The number of likely N-dealkylation sites (N-methyl/N-ethyl adjacent to an activating group) is 1. The van der Waals surface area contributed by atoms with Gasteiger partial charge in [-0.3, -0.25) is 9.36 Å². The van der Waals surface area contributed by atoms with Gasteiger partial charge in [0, 0.05) is 6.42 Å². The Labute approximate surface area is 366 Å². The Morgan fingerprint density at radius 1 is 0.593 bits per heavy atom. The molecule has 0 saturated heterocycles. The molecular weight excluding hydrogens is 756 g/mol. The third-order valence-electron chi connectivity index (χ3n) is 11.1. The molecule has 2 N–H and O–H groups in total. The highest BCUT2D eigenvalue weighted by molar-refractivity contribution is 7.45. The van der Waals surface area contributed by atoms with Gasteiger partial charge in [-0.05, 0) is 51.4 Å². The highest BCUT2D eigenvalue weighted by Gasteiger charge is 2.23. The van der Waals surface area contributed by atoms with Crippen LogP contribution in [0.1, 0.15) is 226 Å². The molecule has 9 heteroatoms. The van der Waals surface area contributed by atoms with E-state index in [9.17, 15) is 19.4 Å². The summed E-state index contributed by atoms with van der Waals surface area (Å²) in [6.07, 6.45) is 51.9. The van der Waals surface area contributed by atoms with Crippen LogP contribution in [0.5, 0.6) is 0 Å². The molecule has 0 bridgehead atoms. The fraction of sp³-hybridized carbons (Fsp3) is 0.860. The number of nitrogens with zero attached hydrogens (tertiary/aromatic N) is 1. The van der Waals surface area contributed by atoms with E-state index in [-0.39, 0.29) is 19.1 Å². The molecule has 0 aromatic carbocycles. The number of aliphatic hydroxyl groups is 1. The number of carbonyl (C=O) groups excluding carboxylic acids is 1. The predicted octanol–water partition coefficient (Wildman–Crippen LogP) is 13.6. The van der Waals surface area contributed by atoms with E-state index >= 15 is 0 Å². The Morgan fingerprint density at radius 3 is 1.42 bits per heavy atom. The Hall–Kier alpha value is -1.28. The first-order valence-electron chi connectivity index (χ1n) is 24.9. The molecule has 0 aromatic heterocycles. The zero-order chi connectivity index (χ0) is 43.6. The predicted molar refractivity (Wildman–Crippen MR) is 251 cm³/mol. The summed E-state index contributed by atoms with van der Waals surface area (Å²) >= 11 is 0. The number of amides is 1. The molecule has 348 valence electrons. The second kappa shape index (κ2) is 42.0. The fourth-order valence-electron chi connectivity index (χ4n) is 7.12. The van der Waals surface area contributed by atoms with Crippen molar-refractivity contribution in [2.75, 3.05) is 40.9 Å². The van der Waals surface area contributed by atoms with Crippen LogP contribution >= 0.6 is 7.82 Å². The molecule has 0 saturated carbocycles. The number of rotatable bonds is 45. The normalized spacial score (nSPS) is 14.5. The summed E-state index contributed by atoms with van der Waals surface area (Å²) < 4.78 is 23.3. The van der Waals surface area contributed by atoms with Gasteiger partial charge in [0.1, 0.15) is 13.2 Å². The number of aliphatic hydroxyl groups excluding tert-OH is 1. The molecule has 8 nitrogen and oxygen atoms in total. The van der Waals surface area contributed by atoms with E-state index in [1.807, 2.05) is 27.2 Å². The Bertz CT molecular complexity index is 1060. The number of phosphoric ester groups is 1. The van der Waals surface area contributed by atoms with Crippen LogP contribution in [-0.2, 0) is 18.4 Å². The van der Waals surface area contributed by atoms with Gasteiger partial charge in [-0.2, -0.15) is 0 Å². The monoisotopic (exact) mass is 853 g/mol. The lowest BCUT2D eigenvalue weighted by atomic mass is 10.0. The average Bonchev–Trinajstić information content (AvgIpc) is 3.19. The number of phosphoric acid groups is 1. The van der Waals surface area contributed by atoms with Crippen molar-refractivity contribution in [2.24, 2.45) is 0 Å². The van der Waals surface area contributed by atoms with E-state index in [0.717, 1.165) is 64.2 Å². The highest BCUT2D eigenvalue weighted by Crippen LogP contribution is 2.38. The van der Waals surface area contributed by atoms with Crippen LogP contribution in [-0.4, -0.2) is 68.5 Å². The average molecular weight is 853 g/mol. The van der Waals surface area contributed by atoms with Crippen LogP contribution in [0, 0.1) is 0 Å². The second-order valence-electron chi connectivity index (χ2n) is 18.2. The summed E-state index contributed by atoms with van der Waals surface area (Å²) in [5, 5.41) is 13.8. The molecule has 0 spiro atoms. The smallest absolute Gasteiger partial charge is 0.268 e. The van der Waals surface area contributed by atoms with E-state index in [0.29, 0.717) is 17.4 Å². The molecule has 3 unspecified atom stereocenters. The standard InChI is InChI=1S/C50H97N2O6P/c1-6-8-10-12-14-16-18-20-22-24-25-26-27-28-29-31-33-35-37-39-41-43-49(53)48(47-58-59(55,56)57-46-45-52(3,4)5)51-50(54)44-42-40-38-36-34-32-30-23-21-19-17-15-13-11-9-7-2/h17,19,23,30,41,43,48-49,53H,6-16,18,20-22,24-29,31-40,42,44-47H2,1-5H3,(H-,51,54,55,56)/b19-17-,30-23-,43-41+. The zero-order valence-electron chi connectivity index (χ0n) is 39.5. The SMILES string of the molecule is CCCCCC/C=C\C/C=C\CCCCCCCC(=O)NC(COP(=O)([O-])OCC[N+](C)(C)C)C(O)/C=C/CCCCCCCCCCCCCCCCCCCCC. The van der Waals surface area contributed by atoms with Crippen LogP contribution in [0.3, 0.4) is 0 Å². The topological polar surface area (TPSA) is 108 Å². The largest absolute Gasteiger partial charge is 0.756 e. The maximum atomic E-state index is 12.9. The van der Waals surface area contributed by atoms with Gasteiger partial charge in [0.25, 0.3) is 7.82 Å². The second-order valence-corrected chi connectivity index (χ2v) is 19.6. The maximum Gasteiger partial charge on any atom is 0.268 e. The minimum absolute atomic E-state index is 0.00388. The number of hydrogen-bond acceptors (Lipinski definition) is 6. The molecule has 0 rings (SSSR count). The zero-order valence-corrected chi connectivity index (χ0v) is 40.4. The molecule has 3 atom stereocenters. The maximum absolute atomic E-state index is 12.9. The van der Waals surface area contributed by atoms with Gasteiger partial charge < -0.3 is 28.8 Å². The summed E-state index contributed by atoms with van der Waals surface area (Å²) in [4.78, 5) is 25.4. The summed E-state index contributed by atoms with van der Waals surface area (Å²) in [7, 11) is 1.25. The number of carbonyl (C=O) groups is 1. The molecule has 0 aliphatic heterocycles. The van der Waals surface area contributed by atoms with Gasteiger partial charge in [-0.1, -0.05) is 204 Å². The Morgan fingerprint density at radius 2 is 0.983 bits per heavy atom. The van der Waals surface area contributed by atoms with Gasteiger partial charge in [0.2, 0.25) is 5.91 Å². The molecule has 0 aliphatic rings. The van der Waals surface area contributed by atoms with Crippen LogP contribution < -0.4 is 10.2 Å². The summed E-state index contributed by atoms with van der Waals surface area (Å²) in [5.74, 6) is -0.210. The molecule has 59 heavy (non-hydrogen) atoms. The quantitative estimate of drug-likeness (QED) is 0.0273. The molecule has 0 aliphatic carbocycles. The lowest BCUT2D eigenvalue weighted by Crippen LogP contribution is -2.45. The van der Waals surface area contributed by atoms with Crippen molar-refractivity contribution < 1.29 is 32.9 Å². The molecule has 0 heterocycles. The lowest BCUT2D eigenvalue weighted by molar-refractivity contribution is -0.870. The first-order valence-corrected chi connectivity index (χ1v) is 26.3. The van der Waals surface area contributed by atoms with Crippen molar-refractivity contribution in [3.8, 4) is 0 Å². The lowest BCUT2D eigenvalue weighted by Gasteiger charge is -2.29. The van der Waals surface area contributed by atoms with Crippen molar-refractivity contribution in [2.45, 2.75) is 238 Å². The van der Waals surface area contributed by atoms with Crippen LogP contribution in [0.4, 0.5) is 0 Å². The third kappa shape index (κ3) is 44.6. The Kier molecular flexibility index (Phi) is 41.1. The number of allylic oxidation sites excluding steroid dienone is 5. The summed E-state index contributed by atoms with van der Waals surface area (Å²) in [6, 6.07) is -0.893. The van der Waals surface area contributed by atoms with Crippen molar-refractivity contribution >= 4 is 13.7 Å². The van der Waals surface area contributed by atoms with Crippen molar-refractivity contribution in [1.82, 2.24) is 5.32 Å². The van der Waals surface area contributed by atoms with Gasteiger partial charge in [-0.15, -0.1) is 0 Å². The van der Waals surface area contributed by atoms with Gasteiger partial charge >= 0.3 is 0 Å². The first kappa shape index (κ1) is 57.7.